The Hall–Kier alpha value is 1.81. The van der Waals surface area contributed by atoms with Crippen LogP contribution in [0.1, 0.15) is 80.8 Å². The van der Waals surface area contributed by atoms with Crippen LogP contribution in [0.2, 0.25) is 0 Å². The number of phenolic OH excluding ortho intramolecular Hbond substituents is 1. The predicted octanol–water partition coefficient (Wildman–Crippen LogP) is 14.5. The molecule has 0 spiro atoms. The van der Waals surface area contributed by atoms with Gasteiger partial charge in [-0.25, -0.2) is 8.78 Å². The van der Waals surface area contributed by atoms with E-state index < -0.39 is 0 Å². The number of halogens is 8. The van der Waals surface area contributed by atoms with Gasteiger partial charge >= 0.3 is 114 Å². The van der Waals surface area contributed by atoms with Gasteiger partial charge in [-0.2, -0.15) is 0 Å². The summed E-state index contributed by atoms with van der Waals surface area (Å²) >= 11 is 12.1. The maximum absolute atomic E-state index is 13.6. The average molecular weight is 1480 g/mol. The first kappa shape index (κ1) is 52.8. The first-order chi connectivity index (χ1) is 24.8. The summed E-state index contributed by atoms with van der Waals surface area (Å²) in [4.78, 5) is 4.56. The molecular formula is C39H49F2I6N2O2V2. The van der Waals surface area contributed by atoms with Crippen LogP contribution in [0.3, 0.4) is 0 Å². The fraction of sp³-hybridized carbons (Fsp3) is 0.385. The minimum atomic E-state index is -0.278. The fourth-order valence-corrected chi connectivity index (χ4v) is 6.07. The molecule has 0 aromatic heterocycles. The van der Waals surface area contributed by atoms with Gasteiger partial charge < -0.3 is 9.84 Å². The van der Waals surface area contributed by atoms with Crippen molar-refractivity contribution in [1.29, 1.82) is 0 Å². The van der Waals surface area contributed by atoms with Crippen LogP contribution < -0.4 is 4.74 Å². The van der Waals surface area contributed by atoms with E-state index in [1.165, 1.54) is 48.9 Å². The van der Waals surface area contributed by atoms with Crippen LogP contribution in [-0.2, 0) is 27.4 Å². The van der Waals surface area contributed by atoms with Crippen molar-refractivity contribution < 1.29 is 33.0 Å². The van der Waals surface area contributed by atoms with Crippen molar-refractivity contribution in [3.05, 3.63) is 131 Å². The Morgan fingerprint density at radius 3 is 1.42 bits per heavy atom. The third-order valence-electron chi connectivity index (χ3n) is 9.32. The van der Waals surface area contributed by atoms with Gasteiger partial charge in [0.25, 0.3) is 0 Å². The second-order valence-corrected chi connectivity index (χ2v) is 59.6. The molecule has 2 heterocycles. The molecule has 4 nitrogen and oxygen atoms in total. The topological polar surface area (TPSA) is 35.9 Å². The summed E-state index contributed by atoms with van der Waals surface area (Å²) in [5.74, 6) is 0.809. The Labute approximate surface area is 400 Å². The summed E-state index contributed by atoms with van der Waals surface area (Å²) in [6.07, 6.45) is 5.71. The molecule has 0 aliphatic carbocycles. The third-order valence-corrected chi connectivity index (χ3v) is 9.32. The number of phenols is 1. The van der Waals surface area contributed by atoms with Crippen molar-refractivity contribution >= 4 is 124 Å². The second-order valence-electron chi connectivity index (χ2n) is 12.5. The van der Waals surface area contributed by atoms with Crippen molar-refractivity contribution in [2.75, 3.05) is 14.1 Å². The molecule has 14 heteroatoms. The van der Waals surface area contributed by atoms with E-state index in [0.29, 0.717) is 44.9 Å². The molecule has 4 atom stereocenters. The summed E-state index contributed by atoms with van der Waals surface area (Å²) in [5, 5.41) is 9.20. The van der Waals surface area contributed by atoms with Gasteiger partial charge in [0.05, 0.1) is 0 Å². The van der Waals surface area contributed by atoms with E-state index in [0.717, 1.165) is 17.7 Å². The van der Waals surface area contributed by atoms with Crippen molar-refractivity contribution in [2.45, 2.75) is 83.6 Å². The summed E-state index contributed by atoms with van der Waals surface area (Å²) in [6, 6.07) is 31.7. The van der Waals surface area contributed by atoms with Crippen LogP contribution in [0, 0.1) is 11.6 Å². The minimum absolute atomic E-state index is 0. The predicted molar refractivity (Wildman–Crippen MR) is 265 cm³/mol. The van der Waals surface area contributed by atoms with Crippen LogP contribution in [-0.4, -0.2) is 41.1 Å². The van der Waals surface area contributed by atoms with Gasteiger partial charge in [0.1, 0.15) is 29.7 Å². The van der Waals surface area contributed by atoms with Gasteiger partial charge in [-0.05, 0) is 113 Å². The molecule has 2 aliphatic rings. The number of ether oxygens (including phenoxy) is 1. The molecule has 53 heavy (non-hydrogen) atoms. The molecule has 0 bridgehead atoms. The maximum atomic E-state index is 13.6. The molecule has 2 saturated heterocycles. The molecule has 2 fully saturated rings. The summed E-state index contributed by atoms with van der Waals surface area (Å²) < 4.78 is 31.8. The van der Waals surface area contributed by atoms with E-state index in [2.05, 4.69) is 150 Å². The van der Waals surface area contributed by atoms with Gasteiger partial charge in [0, 0.05) is 29.7 Å². The van der Waals surface area contributed by atoms with Gasteiger partial charge in [-0.3, -0.25) is 9.80 Å². The van der Waals surface area contributed by atoms with E-state index in [9.17, 15) is 13.9 Å². The number of benzene rings is 4. The summed E-state index contributed by atoms with van der Waals surface area (Å²) in [6.45, 7) is 6.73. The molecule has 2 aliphatic heterocycles. The van der Waals surface area contributed by atoms with Crippen LogP contribution in [0.25, 0.3) is 0 Å². The van der Waals surface area contributed by atoms with Crippen LogP contribution in [0.15, 0.2) is 97.1 Å². The zero-order valence-corrected chi connectivity index (χ0v) is 46.4. The number of hydrogen-bond donors (Lipinski definition) is 1. The van der Waals surface area contributed by atoms with Crippen molar-refractivity contribution in [1.82, 2.24) is 9.80 Å². The molecule has 0 radical (unpaired) electrons. The van der Waals surface area contributed by atoms with E-state index >= 15 is 0 Å². The van der Waals surface area contributed by atoms with Gasteiger partial charge in [-0.1, -0.05) is 67.6 Å². The molecule has 1 N–H and O–H groups in total. The van der Waals surface area contributed by atoms with E-state index in [1.54, 1.807) is 36.4 Å². The second kappa shape index (κ2) is 29.9. The molecule has 293 valence electrons. The number of aromatic hydroxyl groups is 1. The normalized spacial score (nSPS) is 19.1. The third kappa shape index (κ3) is 20.1. The standard InChI is InChI=1S/C19H22FNO.C12H17NO.C8H9F.6HI.2V/c1-14-7-12-19(21(14)2)15-8-10-17(11-9-15)22-13-16-5-3-4-6-18(16)20;1-9-3-8-12(13(9)2)10-4-6-11(14)7-5-10;1-2-7-5-3-4-6-8(7)9;;;;;;;;/h3-6,8-11,14,19H,7,12-13H2,1-2H3;4-7,9,12,14H,3,8H2,1-2H3;3-6H,2H2,1H3;6*1H;;/q;;;;;;;;;+2;+3/p-5/t14-,19-;9-,12-;;;;;;;;;/m11........./s1. The van der Waals surface area contributed by atoms with Crippen LogP contribution in [0.5, 0.6) is 11.5 Å². The SMILES string of the molecule is CCc1ccccc1F.C[C@@H]1CC[C@H](c2ccc(O)cc2)N1C.C[C@@H]1CC[C@H](c2ccc(OCc3ccccc3F)cc2)N1C.I.[I][V]([I])[I].[I][V][I]. The van der Waals surface area contributed by atoms with Gasteiger partial charge in [0.15, 0.2) is 0 Å². The first-order valence-electron chi connectivity index (χ1n) is 16.9. The molecular weight excluding hydrogens is 1430 g/mol. The van der Waals surface area contributed by atoms with Crippen molar-refractivity contribution in [3.63, 3.8) is 0 Å². The Bertz CT molecular complexity index is 1560. The number of hydrogen-bond acceptors (Lipinski definition) is 4. The quantitative estimate of drug-likeness (QED) is 0.195. The van der Waals surface area contributed by atoms with Gasteiger partial charge in [0.2, 0.25) is 0 Å². The zero-order valence-electron chi connectivity index (χ0n) is 30.5. The molecule has 0 saturated carbocycles. The number of rotatable bonds is 6. The van der Waals surface area contributed by atoms with Crippen molar-refractivity contribution in [2.24, 2.45) is 0 Å². The Kier molecular flexibility index (Phi) is 29.8. The average Bonchev–Trinajstić information content (AvgIpc) is 3.64. The molecule has 4 aromatic carbocycles. The molecule has 6 rings (SSSR count). The molecule has 0 amide bonds. The molecule has 4 aromatic rings. The first-order valence-corrected chi connectivity index (χ1v) is 39.5. The fourth-order valence-electron chi connectivity index (χ4n) is 6.07. The van der Waals surface area contributed by atoms with E-state index in [-0.39, 0.29) is 47.1 Å². The number of aryl methyl sites for hydroxylation is 1. The van der Waals surface area contributed by atoms with Crippen LogP contribution in [0.4, 0.5) is 8.78 Å². The Morgan fingerprint density at radius 2 is 1.08 bits per heavy atom. The summed E-state index contributed by atoms with van der Waals surface area (Å²) in [5.41, 5.74) is 4.01. The van der Waals surface area contributed by atoms with Crippen LogP contribution >= 0.6 is 124 Å². The number of nitrogens with zero attached hydrogens (tertiary/aromatic N) is 2. The molecule has 0 unspecified atom stereocenters. The summed E-state index contributed by atoms with van der Waals surface area (Å²) in [7, 11) is 4.99. The van der Waals surface area contributed by atoms with E-state index in [4.69, 9.17) is 4.74 Å². The Morgan fingerprint density at radius 1 is 0.698 bits per heavy atom. The Balaban J connectivity index is 0.000000388. The van der Waals surface area contributed by atoms with E-state index in [1.807, 2.05) is 43.3 Å². The van der Waals surface area contributed by atoms with Gasteiger partial charge in [-0.15, -0.1) is 24.0 Å². The number of likely N-dealkylation sites (tertiary alicyclic amines) is 2. The van der Waals surface area contributed by atoms with Crippen molar-refractivity contribution in [3.8, 4) is 11.5 Å². The zero-order chi connectivity index (χ0) is 38.6. The monoisotopic (exact) mass is 1480 g/mol.